The number of rotatable bonds is 8. The van der Waals surface area contributed by atoms with Crippen LogP contribution in [0.4, 0.5) is 5.69 Å². The van der Waals surface area contributed by atoms with Crippen molar-refractivity contribution >= 4 is 23.2 Å². The minimum atomic E-state index is -0.00244. The molecule has 0 saturated carbocycles. The zero-order chi connectivity index (χ0) is 17.4. The van der Waals surface area contributed by atoms with E-state index in [1.54, 1.807) is 13.2 Å². The summed E-state index contributed by atoms with van der Waals surface area (Å²) in [7, 11) is 1.66. The number of carbonyl (C=O) groups excluding carboxylic acids is 1. The molecule has 0 atom stereocenters. The van der Waals surface area contributed by atoms with Crippen molar-refractivity contribution in [2.24, 2.45) is 0 Å². The van der Waals surface area contributed by atoms with Gasteiger partial charge in [0.1, 0.15) is 5.75 Å². The number of benzene rings is 2. The molecule has 0 radical (unpaired) electrons. The summed E-state index contributed by atoms with van der Waals surface area (Å²) in [6.07, 6.45) is 1.35. The molecule has 2 aromatic rings. The number of hydrogen-bond donors (Lipinski definition) is 2. The van der Waals surface area contributed by atoms with Crippen LogP contribution in [0.15, 0.2) is 42.5 Å². The van der Waals surface area contributed by atoms with Crippen LogP contribution in [0.5, 0.6) is 5.75 Å². The molecule has 5 heteroatoms. The highest BCUT2D eigenvalue weighted by Gasteiger charge is 2.05. The van der Waals surface area contributed by atoms with Crippen molar-refractivity contribution in [3.63, 3.8) is 0 Å². The van der Waals surface area contributed by atoms with Crippen molar-refractivity contribution in [2.75, 3.05) is 25.5 Å². The molecular formula is C19H23ClN2O2. The topological polar surface area (TPSA) is 50.4 Å². The summed E-state index contributed by atoms with van der Waals surface area (Å²) in [6.45, 7) is 3.41. The Bertz CT molecular complexity index is 672. The van der Waals surface area contributed by atoms with Crippen LogP contribution in [0.25, 0.3) is 0 Å². The van der Waals surface area contributed by atoms with Crippen molar-refractivity contribution in [3.8, 4) is 5.75 Å². The fraction of sp³-hybridized carbons (Fsp3) is 0.316. The summed E-state index contributed by atoms with van der Waals surface area (Å²) in [5, 5.41) is 6.87. The maximum atomic E-state index is 12.0. The van der Waals surface area contributed by atoms with Crippen molar-refractivity contribution in [1.29, 1.82) is 0 Å². The lowest BCUT2D eigenvalue weighted by Gasteiger charge is -2.09. The summed E-state index contributed by atoms with van der Waals surface area (Å²) in [5.74, 6) is 0.859. The first-order chi connectivity index (χ1) is 11.6. The molecule has 0 aliphatic carbocycles. The Hall–Kier alpha value is -2.04. The van der Waals surface area contributed by atoms with Crippen molar-refractivity contribution in [2.45, 2.75) is 19.8 Å². The Kier molecular flexibility index (Phi) is 7.09. The Balaban J connectivity index is 1.65. The van der Waals surface area contributed by atoms with Crippen LogP contribution in [0.1, 0.15) is 17.5 Å². The van der Waals surface area contributed by atoms with Crippen molar-refractivity contribution in [3.05, 3.63) is 58.6 Å². The van der Waals surface area contributed by atoms with Gasteiger partial charge in [-0.25, -0.2) is 0 Å². The molecule has 2 N–H and O–H groups in total. The molecule has 24 heavy (non-hydrogen) atoms. The number of ether oxygens (including phenoxy) is 1. The molecule has 0 aliphatic rings. The van der Waals surface area contributed by atoms with Gasteiger partial charge in [0.15, 0.2) is 0 Å². The zero-order valence-corrected chi connectivity index (χ0v) is 14.8. The third-order valence-electron chi connectivity index (χ3n) is 3.74. The Morgan fingerprint density at radius 1 is 1.12 bits per heavy atom. The largest absolute Gasteiger partial charge is 0.497 e. The van der Waals surface area contributed by atoms with Gasteiger partial charge in [-0.15, -0.1) is 0 Å². The Labute approximate surface area is 148 Å². The summed E-state index contributed by atoms with van der Waals surface area (Å²) in [6, 6.07) is 13.5. The number of aryl methyl sites for hydroxylation is 1. The third kappa shape index (κ3) is 5.87. The first-order valence-corrected chi connectivity index (χ1v) is 8.36. The normalized spacial score (nSPS) is 10.5. The lowest BCUT2D eigenvalue weighted by Crippen LogP contribution is -2.23. The summed E-state index contributed by atoms with van der Waals surface area (Å²) in [4.78, 5) is 12.0. The number of nitrogens with one attached hydrogen (secondary N) is 2. The summed E-state index contributed by atoms with van der Waals surface area (Å²) >= 11 is 5.91. The van der Waals surface area contributed by atoms with Gasteiger partial charge in [0.05, 0.1) is 7.11 Å². The van der Waals surface area contributed by atoms with Crippen LogP contribution in [0.2, 0.25) is 5.02 Å². The van der Waals surface area contributed by atoms with Gasteiger partial charge in [0, 0.05) is 23.7 Å². The highest BCUT2D eigenvalue weighted by molar-refractivity contribution is 6.30. The van der Waals surface area contributed by atoms with Gasteiger partial charge >= 0.3 is 0 Å². The smallest absolute Gasteiger partial charge is 0.225 e. The number of amides is 1. The van der Waals surface area contributed by atoms with E-state index < -0.39 is 0 Å². The van der Waals surface area contributed by atoms with Gasteiger partial charge in [0.2, 0.25) is 5.91 Å². The number of hydrogen-bond acceptors (Lipinski definition) is 3. The van der Waals surface area contributed by atoms with E-state index in [0.717, 1.165) is 30.0 Å². The van der Waals surface area contributed by atoms with E-state index in [-0.39, 0.29) is 5.91 Å². The van der Waals surface area contributed by atoms with Gasteiger partial charge in [-0.2, -0.15) is 0 Å². The SMILES string of the molecule is COc1ccc(CCNCCC(=O)Nc2ccc(Cl)cc2C)cc1. The molecule has 0 unspecified atom stereocenters. The Morgan fingerprint density at radius 3 is 2.54 bits per heavy atom. The molecule has 2 rings (SSSR count). The van der Waals surface area contributed by atoms with Crippen molar-refractivity contribution in [1.82, 2.24) is 5.32 Å². The Morgan fingerprint density at radius 2 is 1.88 bits per heavy atom. The monoisotopic (exact) mass is 346 g/mol. The van der Waals surface area contributed by atoms with E-state index in [0.29, 0.717) is 18.0 Å². The van der Waals surface area contributed by atoms with Crippen LogP contribution in [0, 0.1) is 6.92 Å². The first-order valence-electron chi connectivity index (χ1n) is 7.98. The summed E-state index contributed by atoms with van der Waals surface area (Å²) in [5.41, 5.74) is 3.01. The van der Waals surface area contributed by atoms with Gasteiger partial charge < -0.3 is 15.4 Å². The molecule has 0 aliphatic heterocycles. The second-order valence-corrected chi connectivity index (χ2v) is 6.04. The van der Waals surface area contributed by atoms with Crippen LogP contribution in [-0.4, -0.2) is 26.1 Å². The molecule has 0 aromatic heterocycles. The summed E-state index contributed by atoms with van der Waals surface area (Å²) < 4.78 is 5.13. The minimum Gasteiger partial charge on any atom is -0.497 e. The average Bonchev–Trinajstić information content (AvgIpc) is 2.57. The quantitative estimate of drug-likeness (QED) is 0.714. The van der Waals surface area contributed by atoms with Gasteiger partial charge in [-0.3, -0.25) is 4.79 Å². The molecule has 0 fully saturated rings. The maximum absolute atomic E-state index is 12.0. The molecule has 4 nitrogen and oxygen atoms in total. The standard InChI is InChI=1S/C19H23ClN2O2/c1-14-13-16(20)5-8-18(14)22-19(23)10-12-21-11-9-15-3-6-17(24-2)7-4-15/h3-8,13,21H,9-12H2,1-2H3,(H,22,23). The van der Waals surface area contributed by atoms with Crippen molar-refractivity contribution < 1.29 is 9.53 Å². The lowest BCUT2D eigenvalue weighted by atomic mass is 10.1. The van der Waals surface area contributed by atoms with E-state index in [4.69, 9.17) is 16.3 Å². The van der Waals surface area contributed by atoms with Gasteiger partial charge in [-0.05, 0) is 61.3 Å². The molecular weight excluding hydrogens is 324 g/mol. The van der Waals surface area contributed by atoms with Crippen LogP contribution in [-0.2, 0) is 11.2 Å². The highest BCUT2D eigenvalue weighted by atomic mass is 35.5. The second kappa shape index (κ2) is 9.30. The minimum absolute atomic E-state index is 0.00244. The second-order valence-electron chi connectivity index (χ2n) is 5.61. The van der Waals surface area contributed by atoms with E-state index in [2.05, 4.69) is 22.8 Å². The maximum Gasteiger partial charge on any atom is 0.225 e. The van der Waals surface area contributed by atoms with Crippen LogP contribution >= 0.6 is 11.6 Å². The highest BCUT2D eigenvalue weighted by Crippen LogP contribution is 2.19. The predicted octanol–water partition coefficient (Wildman–Crippen LogP) is 3.82. The number of anilines is 1. The number of methoxy groups -OCH3 is 1. The molecule has 0 spiro atoms. The van der Waals surface area contributed by atoms with Crippen LogP contribution in [0.3, 0.4) is 0 Å². The number of halogens is 1. The zero-order valence-electron chi connectivity index (χ0n) is 14.1. The van der Waals surface area contributed by atoms with E-state index in [1.165, 1.54) is 5.56 Å². The predicted molar refractivity (Wildman–Crippen MR) is 99.0 cm³/mol. The van der Waals surface area contributed by atoms with E-state index >= 15 is 0 Å². The molecule has 1 amide bonds. The molecule has 128 valence electrons. The van der Waals surface area contributed by atoms with Crippen LogP contribution < -0.4 is 15.4 Å². The average molecular weight is 347 g/mol. The fourth-order valence-corrected chi connectivity index (χ4v) is 2.56. The van der Waals surface area contributed by atoms with Gasteiger partial charge in [0.25, 0.3) is 0 Å². The third-order valence-corrected chi connectivity index (χ3v) is 3.98. The molecule has 2 aromatic carbocycles. The van der Waals surface area contributed by atoms with Gasteiger partial charge in [-0.1, -0.05) is 23.7 Å². The number of carbonyl (C=O) groups is 1. The molecule has 0 saturated heterocycles. The molecule has 0 bridgehead atoms. The van der Waals surface area contributed by atoms with E-state index in [1.807, 2.05) is 31.2 Å². The lowest BCUT2D eigenvalue weighted by molar-refractivity contribution is -0.116. The first kappa shape index (κ1) is 18.3. The fourth-order valence-electron chi connectivity index (χ4n) is 2.33. The molecule has 0 heterocycles. The van der Waals surface area contributed by atoms with E-state index in [9.17, 15) is 4.79 Å².